The molecular formula is C35H39N7O4. The zero-order chi connectivity index (χ0) is 32.0. The first-order valence-corrected chi connectivity index (χ1v) is 15.3. The summed E-state index contributed by atoms with van der Waals surface area (Å²) in [6, 6.07) is 23.7. The Labute approximate surface area is 269 Å². The average molecular weight is 622 g/mol. The van der Waals surface area contributed by atoms with Crippen molar-refractivity contribution in [2.24, 2.45) is 0 Å². The Morgan fingerprint density at radius 3 is 2.61 bits per heavy atom. The number of carbonyl (C=O) groups excluding carboxylic acids is 1. The number of hydrogen-bond donors (Lipinski definition) is 2. The number of ether oxygens (including phenoxy) is 2. The molecule has 0 spiro atoms. The van der Waals surface area contributed by atoms with Gasteiger partial charge in [-0.2, -0.15) is 0 Å². The molecule has 2 saturated heterocycles. The lowest BCUT2D eigenvalue weighted by atomic mass is 10.0. The van der Waals surface area contributed by atoms with Crippen molar-refractivity contribution in [3.05, 3.63) is 97.3 Å². The Balaban J connectivity index is 1.25. The van der Waals surface area contributed by atoms with Gasteiger partial charge in [-0.25, -0.2) is 15.0 Å². The van der Waals surface area contributed by atoms with Crippen LogP contribution in [0.15, 0.2) is 91.8 Å². The highest BCUT2D eigenvalue weighted by Gasteiger charge is 2.30. The van der Waals surface area contributed by atoms with Gasteiger partial charge in [0.05, 0.1) is 36.8 Å². The Morgan fingerprint density at radius 2 is 1.85 bits per heavy atom. The molecule has 0 bridgehead atoms. The lowest BCUT2D eigenvalue weighted by molar-refractivity contribution is -0.111. The summed E-state index contributed by atoms with van der Waals surface area (Å²) in [5, 5.41) is 8.17. The highest BCUT2D eigenvalue weighted by atomic mass is 16.7. The van der Waals surface area contributed by atoms with E-state index in [1.54, 1.807) is 7.11 Å². The summed E-state index contributed by atoms with van der Waals surface area (Å²) in [7, 11) is 5.80. The summed E-state index contributed by atoms with van der Waals surface area (Å²) in [6.07, 6.45) is 4.57. The Kier molecular flexibility index (Phi) is 9.32. The summed E-state index contributed by atoms with van der Waals surface area (Å²) in [4.78, 5) is 32.0. The third-order valence-electron chi connectivity index (χ3n) is 8.26. The van der Waals surface area contributed by atoms with Crippen LogP contribution in [0, 0.1) is 0 Å². The second-order valence-corrected chi connectivity index (χ2v) is 11.5. The summed E-state index contributed by atoms with van der Waals surface area (Å²) in [5.74, 6) is 3.01. The number of carbonyl (C=O) groups is 1. The van der Waals surface area contributed by atoms with Gasteiger partial charge in [-0.05, 0) is 62.5 Å². The van der Waals surface area contributed by atoms with Crippen LogP contribution in [-0.2, 0) is 9.63 Å². The highest BCUT2D eigenvalue weighted by molar-refractivity contribution is 6.02. The molecule has 2 fully saturated rings. The maximum absolute atomic E-state index is 12.4. The molecule has 0 aliphatic carbocycles. The zero-order valence-corrected chi connectivity index (χ0v) is 26.3. The van der Waals surface area contributed by atoms with Crippen molar-refractivity contribution in [1.82, 2.24) is 14.9 Å². The van der Waals surface area contributed by atoms with Gasteiger partial charge in [0.2, 0.25) is 5.91 Å². The van der Waals surface area contributed by atoms with Crippen molar-refractivity contribution in [2.45, 2.75) is 24.9 Å². The fourth-order valence-corrected chi connectivity index (χ4v) is 5.84. The molecule has 11 heteroatoms. The summed E-state index contributed by atoms with van der Waals surface area (Å²) < 4.78 is 11.9. The number of anilines is 5. The van der Waals surface area contributed by atoms with Gasteiger partial charge in [0.25, 0.3) is 0 Å². The van der Waals surface area contributed by atoms with Crippen molar-refractivity contribution >= 4 is 34.6 Å². The predicted octanol–water partition coefficient (Wildman–Crippen LogP) is 6.17. The van der Waals surface area contributed by atoms with Crippen LogP contribution in [0.2, 0.25) is 0 Å². The smallest absolute Gasteiger partial charge is 0.247 e. The number of hydroxylamine groups is 1. The van der Waals surface area contributed by atoms with Crippen LogP contribution >= 0.6 is 0 Å². The van der Waals surface area contributed by atoms with Crippen LogP contribution in [0.4, 0.5) is 28.7 Å². The maximum Gasteiger partial charge on any atom is 0.247 e. The van der Waals surface area contributed by atoms with E-state index in [4.69, 9.17) is 14.3 Å². The fourth-order valence-electron chi connectivity index (χ4n) is 5.84. The third-order valence-corrected chi connectivity index (χ3v) is 8.26. The van der Waals surface area contributed by atoms with Crippen LogP contribution in [-0.4, -0.2) is 67.7 Å². The number of benzene rings is 3. The van der Waals surface area contributed by atoms with E-state index in [9.17, 15) is 4.79 Å². The van der Waals surface area contributed by atoms with Crippen LogP contribution in [0.25, 0.3) is 0 Å². The second-order valence-electron chi connectivity index (χ2n) is 11.5. The molecule has 2 atom stereocenters. The van der Waals surface area contributed by atoms with E-state index in [0.717, 1.165) is 48.7 Å². The number of nitrogens with one attached hydrogen (secondary N) is 2. The molecule has 1 amide bonds. The van der Waals surface area contributed by atoms with Crippen LogP contribution in [0.1, 0.15) is 24.4 Å². The first-order chi connectivity index (χ1) is 22.4. The number of methoxy groups -OCH3 is 1. The Hall–Kier alpha value is -5.13. The average Bonchev–Trinajstić information content (AvgIpc) is 3.77. The van der Waals surface area contributed by atoms with Gasteiger partial charge in [0.1, 0.15) is 29.4 Å². The molecule has 3 aromatic carbocycles. The van der Waals surface area contributed by atoms with E-state index in [2.05, 4.69) is 57.1 Å². The second kappa shape index (κ2) is 13.9. The molecule has 0 saturated carbocycles. The number of hydrogen-bond acceptors (Lipinski definition) is 10. The Bertz CT molecular complexity index is 1680. The number of rotatable bonds is 11. The SMILES string of the molecule is C=CC(=O)Nc1cc(Nc2cc(N3OCC[C@@H]3c3cccc(Oc4ccccc4)c3)ncn2)c(OC)cc1N1CC[C@@H](N(C)C)C1. The number of amides is 1. The van der Waals surface area contributed by atoms with Gasteiger partial charge < -0.3 is 29.9 Å². The van der Waals surface area contributed by atoms with Crippen molar-refractivity contribution in [3.63, 3.8) is 0 Å². The molecule has 6 rings (SSSR count). The first-order valence-electron chi connectivity index (χ1n) is 15.3. The van der Waals surface area contributed by atoms with E-state index in [1.807, 2.05) is 71.8 Å². The van der Waals surface area contributed by atoms with Crippen molar-refractivity contribution in [3.8, 4) is 17.2 Å². The molecule has 0 radical (unpaired) electrons. The summed E-state index contributed by atoms with van der Waals surface area (Å²) in [6.45, 7) is 5.88. The van der Waals surface area contributed by atoms with Crippen molar-refractivity contribution in [1.29, 1.82) is 0 Å². The van der Waals surface area contributed by atoms with Gasteiger partial charge in [-0.3, -0.25) is 9.63 Å². The third kappa shape index (κ3) is 6.90. The molecular weight excluding hydrogens is 582 g/mol. The first kappa shape index (κ1) is 30.9. The lowest BCUT2D eigenvalue weighted by Crippen LogP contribution is -2.31. The van der Waals surface area contributed by atoms with Gasteiger partial charge in [0.15, 0.2) is 5.82 Å². The lowest BCUT2D eigenvalue weighted by Gasteiger charge is -2.26. The van der Waals surface area contributed by atoms with E-state index < -0.39 is 0 Å². The molecule has 3 heterocycles. The van der Waals surface area contributed by atoms with Gasteiger partial charge in [0, 0.05) is 37.7 Å². The van der Waals surface area contributed by atoms with Crippen LogP contribution in [0.3, 0.4) is 0 Å². The minimum atomic E-state index is -0.291. The van der Waals surface area contributed by atoms with Crippen molar-refractivity contribution < 1.29 is 19.1 Å². The maximum atomic E-state index is 12.4. The highest BCUT2D eigenvalue weighted by Crippen LogP contribution is 2.41. The normalized spacial score (nSPS) is 17.7. The standard InChI is InChI=1S/C35H39N7O4/c1-5-35(43)39-28-19-29(32(44-4)20-31(28)41-16-14-25(22-41)40(2)3)38-33-21-34(37-23-36-33)42-30(15-17-45-42)24-10-9-13-27(18-24)46-26-11-7-6-8-12-26/h5-13,18-21,23,25,30H,1,14-17,22H2,2-4H3,(H,39,43)(H,36,37,38)/t25-,30-/m1/s1. The number of likely N-dealkylation sites (N-methyl/N-ethyl adjacent to an activating group) is 1. The Morgan fingerprint density at radius 1 is 1.02 bits per heavy atom. The predicted molar refractivity (Wildman–Crippen MR) is 180 cm³/mol. The fraction of sp³-hybridized carbons (Fsp3) is 0.286. The largest absolute Gasteiger partial charge is 0.494 e. The number of para-hydroxylation sites is 1. The molecule has 11 nitrogen and oxygen atoms in total. The monoisotopic (exact) mass is 621 g/mol. The quantitative estimate of drug-likeness (QED) is 0.189. The number of aromatic nitrogens is 2. The molecule has 46 heavy (non-hydrogen) atoms. The molecule has 2 N–H and O–H groups in total. The summed E-state index contributed by atoms with van der Waals surface area (Å²) >= 11 is 0. The van der Waals surface area contributed by atoms with E-state index in [1.165, 1.54) is 12.4 Å². The molecule has 238 valence electrons. The number of nitrogens with zero attached hydrogens (tertiary/aromatic N) is 5. The van der Waals surface area contributed by atoms with Gasteiger partial charge in [-0.1, -0.05) is 36.9 Å². The molecule has 4 aromatic rings. The molecule has 2 aliphatic rings. The van der Waals surface area contributed by atoms with Crippen LogP contribution in [0.5, 0.6) is 17.2 Å². The molecule has 0 unspecified atom stereocenters. The molecule has 2 aliphatic heterocycles. The van der Waals surface area contributed by atoms with E-state index in [-0.39, 0.29) is 11.9 Å². The topological polar surface area (TPSA) is 104 Å². The summed E-state index contributed by atoms with van der Waals surface area (Å²) in [5.41, 5.74) is 3.24. The molecule has 1 aromatic heterocycles. The van der Waals surface area contributed by atoms with Gasteiger partial charge in [-0.15, -0.1) is 0 Å². The zero-order valence-electron chi connectivity index (χ0n) is 26.3. The van der Waals surface area contributed by atoms with Crippen LogP contribution < -0.4 is 30.1 Å². The minimum Gasteiger partial charge on any atom is -0.494 e. The van der Waals surface area contributed by atoms with Crippen molar-refractivity contribution in [2.75, 3.05) is 61.5 Å². The van der Waals surface area contributed by atoms with E-state index in [0.29, 0.717) is 41.4 Å². The van der Waals surface area contributed by atoms with E-state index >= 15 is 0 Å². The minimum absolute atomic E-state index is 0.0666. The van der Waals surface area contributed by atoms with Gasteiger partial charge >= 0.3 is 0 Å².